The van der Waals surface area contributed by atoms with E-state index in [-0.39, 0.29) is 36.2 Å². The lowest BCUT2D eigenvalue weighted by Gasteiger charge is -2.36. The van der Waals surface area contributed by atoms with Crippen molar-refractivity contribution in [2.45, 2.75) is 64.8 Å². The van der Waals surface area contributed by atoms with Crippen molar-refractivity contribution >= 4 is 23.3 Å². The number of carbonyl (C=O) groups is 2. The number of likely N-dealkylation sites (N-methyl/N-ethyl adjacent to an activating group) is 1. The Morgan fingerprint density at radius 2 is 1.74 bits per heavy atom. The minimum atomic E-state index is -0.539. The highest BCUT2D eigenvalue weighted by Crippen LogP contribution is 2.29. The van der Waals surface area contributed by atoms with Crippen molar-refractivity contribution in [2.75, 3.05) is 44.0 Å². The van der Waals surface area contributed by atoms with Crippen LogP contribution in [0.4, 0.5) is 20.6 Å². The number of aliphatic hydroxyl groups is 1. The number of halogens is 1. The molecule has 10 heteroatoms. The predicted molar refractivity (Wildman–Crippen MR) is 179 cm³/mol. The van der Waals surface area contributed by atoms with Gasteiger partial charge in [-0.3, -0.25) is 9.69 Å². The molecule has 4 rings (SSSR count). The highest BCUT2D eigenvalue weighted by molar-refractivity contribution is 6.02. The van der Waals surface area contributed by atoms with E-state index in [1.807, 2.05) is 32.0 Å². The Hall–Kier alpha value is -3.99. The zero-order chi connectivity index (χ0) is 33.1. The molecular formula is C36H47FN4O5. The maximum Gasteiger partial charge on any atom is 0.323 e. The molecule has 1 aliphatic rings. The van der Waals surface area contributed by atoms with Gasteiger partial charge in [0.2, 0.25) is 0 Å². The number of anilines is 2. The lowest BCUT2D eigenvalue weighted by atomic mass is 10.0. The maximum atomic E-state index is 14.3. The molecule has 0 aliphatic carbocycles. The van der Waals surface area contributed by atoms with Crippen molar-refractivity contribution in [2.24, 2.45) is 5.92 Å². The summed E-state index contributed by atoms with van der Waals surface area (Å²) in [6.07, 6.45) is 2.26. The minimum Gasteiger partial charge on any atom is -0.490 e. The molecule has 1 heterocycles. The van der Waals surface area contributed by atoms with Crippen LogP contribution < -0.4 is 15.4 Å². The zero-order valence-electron chi connectivity index (χ0n) is 27.2. The summed E-state index contributed by atoms with van der Waals surface area (Å²) in [6.45, 7) is 8.05. The van der Waals surface area contributed by atoms with Crippen molar-refractivity contribution in [3.8, 4) is 5.75 Å². The number of hydrogen-bond donors (Lipinski definition) is 3. The Balaban J connectivity index is 1.58. The van der Waals surface area contributed by atoms with Gasteiger partial charge in [-0.15, -0.1) is 0 Å². The summed E-state index contributed by atoms with van der Waals surface area (Å²) in [5.41, 5.74) is 2.31. The molecule has 248 valence electrons. The standard InChI is InChI=1S/C36H47FN4O5/c1-25-21-41(26(2)24-42)35(43)32-20-31(39-36(44)38-30-15-13-29(37)14-16-30)17-18-33(32)46-27(3)10-8-9-19-45-34(25)23-40(4)22-28-11-6-5-7-12-28/h5-7,11-18,20,25-27,34,42H,8-10,19,21-24H2,1-4H3,(H2,38,39,44)/t25-,26+,27-,34+/m0/s1. The van der Waals surface area contributed by atoms with Crippen molar-refractivity contribution in [3.05, 3.63) is 89.7 Å². The molecule has 3 aromatic rings. The van der Waals surface area contributed by atoms with Gasteiger partial charge in [0.05, 0.1) is 30.4 Å². The van der Waals surface area contributed by atoms with Gasteiger partial charge >= 0.3 is 6.03 Å². The molecule has 0 spiro atoms. The van der Waals surface area contributed by atoms with E-state index in [1.165, 1.54) is 29.8 Å². The summed E-state index contributed by atoms with van der Waals surface area (Å²) in [4.78, 5) is 31.0. The van der Waals surface area contributed by atoms with Gasteiger partial charge < -0.3 is 30.1 Å². The summed E-state index contributed by atoms with van der Waals surface area (Å²) < 4.78 is 26.0. The number of nitrogens with one attached hydrogen (secondary N) is 2. The lowest BCUT2D eigenvalue weighted by molar-refractivity contribution is -0.0177. The largest absolute Gasteiger partial charge is 0.490 e. The average Bonchev–Trinajstić information content (AvgIpc) is 3.04. The fourth-order valence-electron chi connectivity index (χ4n) is 5.56. The Morgan fingerprint density at radius 1 is 1.04 bits per heavy atom. The first-order valence-corrected chi connectivity index (χ1v) is 16.0. The molecule has 0 fully saturated rings. The highest BCUT2D eigenvalue weighted by atomic mass is 19.1. The van der Waals surface area contributed by atoms with Crippen LogP contribution in [-0.4, -0.2) is 78.4 Å². The van der Waals surface area contributed by atoms with E-state index in [2.05, 4.69) is 41.6 Å². The van der Waals surface area contributed by atoms with Crippen molar-refractivity contribution in [1.29, 1.82) is 0 Å². The Kier molecular flexibility index (Phi) is 12.9. The summed E-state index contributed by atoms with van der Waals surface area (Å²) in [6, 6.07) is 19.7. The third kappa shape index (κ3) is 10.3. The van der Waals surface area contributed by atoms with Crippen LogP contribution in [0.15, 0.2) is 72.8 Å². The van der Waals surface area contributed by atoms with Gasteiger partial charge in [0.15, 0.2) is 0 Å². The van der Waals surface area contributed by atoms with Gasteiger partial charge in [-0.1, -0.05) is 37.3 Å². The molecule has 46 heavy (non-hydrogen) atoms. The van der Waals surface area contributed by atoms with Gasteiger partial charge in [-0.05, 0) is 88.2 Å². The van der Waals surface area contributed by atoms with E-state index in [4.69, 9.17) is 9.47 Å². The zero-order valence-corrected chi connectivity index (χ0v) is 27.2. The van der Waals surface area contributed by atoms with E-state index < -0.39 is 17.9 Å². The van der Waals surface area contributed by atoms with Crippen LogP contribution in [0.3, 0.4) is 0 Å². The van der Waals surface area contributed by atoms with E-state index >= 15 is 0 Å². The number of nitrogens with zero attached hydrogens (tertiary/aromatic N) is 2. The average molecular weight is 635 g/mol. The second-order valence-electron chi connectivity index (χ2n) is 12.3. The van der Waals surface area contributed by atoms with Gasteiger partial charge in [-0.2, -0.15) is 0 Å². The Bertz CT molecular complexity index is 1410. The fourth-order valence-corrected chi connectivity index (χ4v) is 5.56. The molecule has 3 amide bonds. The van der Waals surface area contributed by atoms with Gasteiger partial charge in [0.1, 0.15) is 11.6 Å². The number of rotatable bonds is 8. The molecule has 0 radical (unpaired) electrons. The summed E-state index contributed by atoms with van der Waals surface area (Å²) in [7, 11) is 2.07. The topological polar surface area (TPSA) is 103 Å². The summed E-state index contributed by atoms with van der Waals surface area (Å²) in [5.74, 6) is -0.355. The number of aliphatic hydroxyl groups excluding tert-OH is 1. The number of fused-ring (bicyclic) bond motifs is 1. The SMILES string of the molecule is C[C@H](CO)N1C[C@H](C)[C@@H](CN(C)Cc2ccccc2)OCCCC[C@H](C)Oc2ccc(NC(=O)Nc3ccc(F)cc3)cc2C1=O. The van der Waals surface area contributed by atoms with E-state index in [0.29, 0.717) is 36.8 Å². The molecule has 0 bridgehead atoms. The number of hydrogen-bond acceptors (Lipinski definition) is 6. The van der Waals surface area contributed by atoms with Crippen LogP contribution in [0, 0.1) is 11.7 Å². The molecule has 4 atom stereocenters. The van der Waals surface area contributed by atoms with Gasteiger partial charge in [0, 0.05) is 43.5 Å². The second kappa shape index (κ2) is 17.1. The number of amides is 3. The first-order valence-electron chi connectivity index (χ1n) is 16.0. The Labute approximate surface area is 271 Å². The normalized spacial score (nSPS) is 20.3. The van der Waals surface area contributed by atoms with Crippen LogP contribution in [0.25, 0.3) is 0 Å². The van der Waals surface area contributed by atoms with Crippen molar-refractivity contribution in [1.82, 2.24) is 9.80 Å². The number of ether oxygens (including phenoxy) is 2. The van der Waals surface area contributed by atoms with E-state index in [9.17, 15) is 19.1 Å². The number of carbonyl (C=O) groups excluding carboxylic acids is 2. The fraction of sp³-hybridized carbons (Fsp3) is 0.444. The number of urea groups is 1. The highest BCUT2D eigenvalue weighted by Gasteiger charge is 2.30. The third-order valence-corrected chi connectivity index (χ3v) is 8.20. The molecule has 3 aromatic carbocycles. The molecule has 0 aromatic heterocycles. The van der Waals surface area contributed by atoms with Crippen LogP contribution in [0.2, 0.25) is 0 Å². The van der Waals surface area contributed by atoms with E-state index in [0.717, 1.165) is 25.8 Å². The van der Waals surface area contributed by atoms with Crippen LogP contribution >= 0.6 is 0 Å². The third-order valence-electron chi connectivity index (χ3n) is 8.20. The second-order valence-corrected chi connectivity index (χ2v) is 12.3. The van der Waals surface area contributed by atoms with Crippen LogP contribution in [0.5, 0.6) is 5.75 Å². The minimum absolute atomic E-state index is 0.0507. The first kappa shape index (κ1) is 34.9. The molecule has 1 aliphatic heterocycles. The van der Waals surface area contributed by atoms with Crippen molar-refractivity contribution in [3.63, 3.8) is 0 Å². The van der Waals surface area contributed by atoms with Gasteiger partial charge in [0.25, 0.3) is 5.91 Å². The quantitative estimate of drug-likeness (QED) is 0.265. The van der Waals surface area contributed by atoms with E-state index in [1.54, 1.807) is 23.1 Å². The lowest BCUT2D eigenvalue weighted by Crippen LogP contribution is -2.47. The molecule has 0 unspecified atom stereocenters. The molecule has 3 N–H and O–H groups in total. The molecular weight excluding hydrogens is 587 g/mol. The first-order chi connectivity index (χ1) is 22.1. The predicted octanol–water partition coefficient (Wildman–Crippen LogP) is 6.40. The summed E-state index contributed by atoms with van der Waals surface area (Å²) in [5, 5.41) is 15.6. The summed E-state index contributed by atoms with van der Waals surface area (Å²) >= 11 is 0. The molecule has 0 saturated heterocycles. The smallest absolute Gasteiger partial charge is 0.323 e. The number of benzene rings is 3. The Morgan fingerprint density at radius 3 is 2.46 bits per heavy atom. The van der Waals surface area contributed by atoms with Crippen molar-refractivity contribution < 1.29 is 28.6 Å². The molecule has 0 saturated carbocycles. The maximum absolute atomic E-state index is 14.3. The van der Waals surface area contributed by atoms with Crippen LogP contribution in [0.1, 0.15) is 56.0 Å². The van der Waals surface area contributed by atoms with Crippen LogP contribution in [-0.2, 0) is 11.3 Å². The van der Waals surface area contributed by atoms with Gasteiger partial charge in [-0.25, -0.2) is 9.18 Å². The monoisotopic (exact) mass is 634 g/mol. The molecule has 9 nitrogen and oxygen atoms in total.